The van der Waals surface area contributed by atoms with E-state index in [1.54, 1.807) is 18.7 Å². The molecule has 1 aromatic rings. The lowest BCUT2D eigenvalue weighted by Crippen LogP contribution is -2.35. The summed E-state index contributed by atoms with van der Waals surface area (Å²) in [5, 5.41) is 3.92. The highest BCUT2D eigenvalue weighted by Gasteiger charge is 2.27. The number of aryl methyl sites for hydroxylation is 1. The van der Waals surface area contributed by atoms with Crippen LogP contribution in [0, 0.1) is 6.92 Å². The van der Waals surface area contributed by atoms with Crippen molar-refractivity contribution in [2.75, 3.05) is 13.2 Å². The number of carbonyl (C=O) groups is 3. The number of ether oxygens (including phenoxy) is 1. The minimum Gasteiger partial charge on any atom is -0.452 e. The number of esters is 1. The highest BCUT2D eigenvalue weighted by Crippen LogP contribution is 2.11. The summed E-state index contributed by atoms with van der Waals surface area (Å²) in [5.41, 5.74) is 0.984. The molecular weight excluding hydrogens is 250 g/mol. The lowest BCUT2D eigenvalue weighted by Gasteiger charge is -2.13. The lowest BCUT2D eigenvalue weighted by atomic mass is 10.3. The molecule has 1 fully saturated rings. The molecule has 0 atom stereocenters. The van der Waals surface area contributed by atoms with E-state index in [2.05, 4.69) is 5.10 Å². The van der Waals surface area contributed by atoms with Crippen LogP contribution in [0.3, 0.4) is 0 Å². The van der Waals surface area contributed by atoms with E-state index in [1.807, 2.05) is 0 Å². The van der Waals surface area contributed by atoms with E-state index in [1.165, 1.54) is 6.20 Å². The van der Waals surface area contributed by atoms with Gasteiger partial charge in [0.05, 0.1) is 6.20 Å². The predicted molar refractivity (Wildman–Crippen MR) is 64.2 cm³/mol. The smallest absolute Gasteiger partial charge is 0.342 e. The molecule has 19 heavy (non-hydrogen) atoms. The van der Waals surface area contributed by atoms with Gasteiger partial charge in [-0.3, -0.25) is 19.2 Å². The van der Waals surface area contributed by atoms with Crippen molar-refractivity contribution < 1.29 is 19.1 Å². The largest absolute Gasteiger partial charge is 0.452 e. The number of imide groups is 1. The fraction of sp³-hybridized carbons (Fsp3) is 0.500. The van der Waals surface area contributed by atoms with E-state index in [-0.39, 0.29) is 5.91 Å². The van der Waals surface area contributed by atoms with Crippen molar-refractivity contribution in [2.45, 2.75) is 19.8 Å². The summed E-state index contributed by atoms with van der Waals surface area (Å²) in [6.45, 7) is 1.72. The van der Waals surface area contributed by atoms with Gasteiger partial charge in [0.1, 0.15) is 5.56 Å². The number of amides is 2. The molecule has 2 heterocycles. The topological polar surface area (TPSA) is 81.5 Å². The minimum absolute atomic E-state index is 0.210. The molecule has 0 bridgehead atoms. The summed E-state index contributed by atoms with van der Waals surface area (Å²) < 4.78 is 6.45. The van der Waals surface area contributed by atoms with Crippen molar-refractivity contribution in [3.63, 3.8) is 0 Å². The van der Waals surface area contributed by atoms with Gasteiger partial charge in [0.25, 0.3) is 5.91 Å². The first-order valence-electron chi connectivity index (χ1n) is 5.99. The van der Waals surface area contributed by atoms with Gasteiger partial charge >= 0.3 is 5.97 Å². The molecule has 7 nitrogen and oxygen atoms in total. The Morgan fingerprint density at radius 1 is 1.47 bits per heavy atom. The van der Waals surface area contributed by atoms with Gasteiger partial charge in [-0.15, -0.1) is 0 Å². The second kappa shape index (κ2) is 5.21. The third-order valence-corrected chi connectivity index (χ3v) is 3.16. The molecule has 0 spiro atoms. The van der Waals surface area contributed by atoms with Crippen LogP contribution in [-0.2, 0) is 21.4 Å². The summed E-state index contributed by atoms with van der Waals surface area (Å²) in [5.74, 6) is -1.29. The number of rotatable bonds is 3. The standard InChI is InChI=1S/C12H15N3O4/c1-8-9(6-13-14(8)2)12(18)19-7-11(17)15-5-3-4-10(15)16/h6H,3-5,7H2,1-2H3. The van der Waals surface area contributed by atoms with Gasteiger partial charge in [0.15, 0.2) is 6.61 Å². The third kappa shape index (κ3) is 2.64. The molecule has 7 heteroatoms. The maximum Gasteiger partial charge on any atom is 0.342 e. The molecule has 1 aliphatic heterocycles. The Balaban J connectivity index is 1.92. The molecule has 0 aromatic carbocycles. The van der Waals surface area contributed by atoms with Crippen molar-refractivity contribution in [3.05, 3.63) is 17.5 Å². The molecule has 0 radical (unpaired) electrons. The van der Waals surface area contributed by atoms with E-state index >= 15 is 0 Å². The summed E-state index contributed by atoms with van der Waals surface area (Å²) in [4.78, 5) is 35.9. The van der Waals surface area contributed by atoms with Crippen LogP contribution in [0.25, 0.3) is 0 Å². The van der Waals surface area contributed by atoms with Crippen LogP contribution in [0.1, 0.15) is 28.9 Å². The van der Waals surface area contributed by atoms with Gasteiger partial charge in [-0.2, -0.15) is 5.10 Å². The van der Waals surface area contributed by atoms with Gasteiger partial charge in [0.2, 0.25) is 5.91 Å². The van der Waals surface area contributed by atoms with Crippen LogP contribution in [0.4, 0.5) is 0 Å². The number of nitrogens with zero attached hydrogens (tertiary/aromatic N) is 3. The van der Waals surface area contributed by atoms with E-state index in [4.69, 9.17) is 4.74 Å². The highest BCUT2D eigenvalue weighted by atomic mass is 16.5. The van der Waals surface area contributed by atoms with E-state index in [0.29, 0.717) is 30.6 Å². The SMILES string of the molecule is Cc1c(C(=O)OCC(=O)N2CCCC2=O)cnn1C. The van der Waals surface area contributed by atoms with Gasteiger partial charge in [0, 0.05) is 25.7 Å². The lowest BCUT2D eigenvalue weighted by molar-refractivity contribution is -0.143. The molecule has 0 N–H and O–H groups in total. The van der Waals surface area contributed by atoms with E-state index in [9.17, 15) is 14.4 Å². The summed E-state index contributed by atoms with van der Waals surface area (Å²) in [7, 11) is 1.71. The van der Waals surface area contributed by atoms with Crippen molar-refractivity contribution in [1.29, 1.82) is 0 Å². The van der Waals surface area contributed by atoms with Gasteiger partial charge in [-0.1, -0.05) is 0 Å². The van der Waals surface area contributed by atoms with Crippen molar-refractivity contribution >= 4 is 17.8 Å². The number of likely N-dealkylation sites (tertiary alicyclic amines) is 1. The average Bonchev–Trinajstić information content (AvgIpc) is 2.94. The molecule has 0 saturated carbocycles. The molecule has 2 rings (SSSR count). The number of carbonyl (C=O) groups excluding carboxylic acids is 3. The molecule has 1 aliphatic rings. The summed E-state index contributed by atoms with van der Waals surface area (Å²) in [6.07, 6.45) is 2.44. The van der Waals surface area contributed by atoms with Crippen LogP contribution in [-0.4, -0.2) is 45.6 Å². The minimum atomic E-state index is -0.606. The van der Waals surface area contributed by atoms with Crippen molar-refractivity contribution in [2.24, 2.45) is 7.05 Å². The van der Waals surface area contributed by atoms with Crippen molar-refractivity contribution in [1.82, 2.24) is 14.7 Å². The quantitative estimate of drug-likeness (QED) is 0.720. The maximum absolute atomic E-state index is 11.7. The third-order valence-electron chi connectivity index (χ3n) is 3.16. The zero-order valence-electron chi connectivity index (χ0n) is 10.9. The first kappa shape index (κ1) is 13.3. The predicted octanol–water partition coefficient (Wildman–Crippen LogP) is 0.0343. The first-order chi connectivity index (χ1) is 9.00. The first-order valence-corrected chi connectivity index (χ1v) is 5.99. The Morgan fingerprint density at radius 2 is 2.21 bits per heavy atom. The summed E-state index contributed by atoms with van der Waals surface area (Å²) >= 11 is 0. The van der Waals surface area contributed by atoms with Crippen molar-refractivity contribution in [3.8, 4) is 0 Å². The molecule has 0 aliphatic carbocycles. The maximum atomic E-state index is 11.7. The Labute approximate surface area is 110 Å². The fourth-order valence-corrected chi connectivity index (χ4v) is 1.89. The Morgan fingerprint density at radius 3 is 2.74 bits per heavy atom. The zero-order valence-corrected chi connectivity index (χ0v) is 10.9. The van der Waals surface area contributed by atoms with E-state index < -0.39 is 18.5 Å². The molecular formula is C12H15N3O4. The summed E-state index contributed by atoms with van der Waals surface area (Å²) in [6, 6.07) is 0. The molecule has 102 valence electrons. The van der Waals surface area contributed by atoms with Gasteiger partial charge in [-0.05, 0) is 13.3 Å². The molecule has 1 saturated heterocycles. The molecule has 2 amide bonds. The highest BCUT2D eigenvalue weighted by molar-refractivity contribution is 5.98. The molecule has 0 unspecified atom stereocenters. The average molecular weight is 265 g/mol. The Kier molecular flexibility index (Phi) is 3.64. The van der Waals surface area contributed by atoms with Gasteiger partial charge < -0.3 is 4.74 Å². The number of hydrogen-bond acceptors (Lipinski definition) is 5. The van der Waals surface area contributed by atoms with Crippen LogP contribution < -0.4 is 0 Å². The monoisotopic (exact) mass is 265 g/mol. The van der Waals surface area contributed by atoms with E-state index in [0.717, 1.165) is 4.90 Å². The number of aromatic nitrogens is 2. The second-order valence-corrected chi connectivity index (χ2v) is 4.39. The Hall–Kier alpha value is -2.18. The fourth-order valence-electron chi connectivity index (χ4n) is 1.89. The van der Waals surface area contributed by atoms with Crippen LogP contribution in [0.5, 0.6) is 0 Å². The van der Waals surface area contributed by atoms with Crippen LogP contribution in [0.15, 0.2) is 6.20 Å². The van der Waals surface area contributed by atoms with Crippen LogP contribution in [0.2, 0.25) is 0 Å². The van der Waals surface area contributed by atoms with Crippen LogP contribution >= 0.6 is 0 Å². The number of hydrogen-bond donors (Lipinski definition) is 0. The normalized spacial score (nSPS) is 14.8. The molecule has 1 aromatic heterocycles. The zero-order chi connectivity index (χ0) is 14.0. The second-order valence-electron chi connectivity index (χ2n) is 4.39. The van der Waals surface area contributed by atoms with Gasteiger partial charge in [-0.25, -0.2) is 4.79 Å². The Bertz CT molecular complexity index is 535.